The van der Waals surface area contributed by atoms with Crippen LogP contribution in [-0.4, -0.2) is 41.4 Å². The maximum atomic E-state index is 11.6. The number of aliphatic carboxylic acids is 1. The zero-order valence-corrected chi connectivity index (χ0v) is 11.4. The van der Waals surface area contributed by atoms with Gasteiger partial charge in [-0.2, -0.15) is 0 Å². The summed E-state index contributed by atoms with van der Waals surface area (Å²) >= 11 is 0. The average Bonchev–Trinajstić information content (AvgIpc) is 2.36. The molecule has 2 unspecified atom stereocenters. The quantitative estimate of drug-likeness (QED) is 0.578. The Labute approximate surface area is 113 Å². The molecule has 110 valence electrons. The summed E-state index contributed by atoms with van der Waals surface area (Å²) in [7, 11) is 0. The van der Waals surface area contributed by atoms with Crippen LogP contribution in [0, 0.1) is 11.8 Å². The van der Waals surface area contributed by atoms with E-state index in [2.05, 4.69) is 17.6 Å². The maximum absolute atomic E-state index is 11.6. The zero-order valence-electron chi connectivity index (χ0n) is 11.4. The predicted molar refractivity (Wildman–Crippen MR) is 70.8 cm³/mol. The third-order valence-corrected chi connectivity index (χ3v) is 3.62. The first-order valence-corrected chi connectivity index (χ1v) is 6.91. The van der Waals surface area contributed by atoms with Crippen molar-refractivity contribution in [3.63, 3.8) is 0 Å². The van der Waals surface area contributed by atoms with Crippen LogP contribution in [0.25, 0.3) is 0 Å². The molecule has 19 heavy (non-hydrogen) atoms. The zero-order chi connectivity index (χ0) is 14.3. The van der Waals surface area contributed by atoms with E-state index in [1.54, 1.807) is 0 Å². The molecule has 0 radical (unpaired) electrons. The molecule has 1 rings (SSSR count). The normalized spacial score (nSPS) is 24.5. The summed E-state index contributed by atoms with van der Waals surface area (Å²) in [4.78, 5) is 22.4. The molecule has 0 heterocycles. The SMILES string of the molecule is CC1CCCC(CNC(=O)N[C@H](CCO)C(=O)O)C1. The lowest BCUT2D eigenvalue weighted by Crippen LogP contribution is -2.47. The molecule has 1 saturated carbocycles. The van der Waals surface area contributed by atoms with Gasteiger partial charge in [0.05, 0.1) is 0 Å². The first kappa shape index (κ1) is 15.8. The van der Waals surface area contributed by atoms with Crippen LogP contribution in [0.3, 0.4) is 0 Å². The molecule has 0 aromatic rings. The molecule has 1 aliphatic rings. The van der Waals surface area contributed by atoms with E-state index >= 15 is 0 Å². The molecule has 4 N–H and O–H groups in total. The standard InChI is InChI=1S/C13H24N2O4/c1-9-3-2-4-10(7-9)8-14-13(19)15-11(5-6-16)12(17)18/h9-11,16H,2-8H2,1H3,(H,17,18)(H2,14,15,19)/t9?,10?,11-/m1/s1. The van der Waals surface area contributed by atoms with Crippen molar-refractivity contribution in [2.75, 3.05) is 13.2 Å². The minimum atomic E-state index is -1.13. The molecule has 0 spiro atoms. The fourth-order valence-corrected chi connectivity index (χ4v) is 2.58. The Bertz CT molecular complexity index is 309. The molecule has 6 nitrogen and oxygen atoms in total. The van der Waals surface area contributed by atoms with Crippen LogP contribution in [0.5, 0.6) is 0 Å². The predicted octanol–water partition coefficient (Wildman–Crippen LogP) is 0.947. The fourth-order valence-electron chi connectivity index (χ4n) is 2.58. The van der Waals surface area contributed by atoms with Crippen LogP contribution in [0.2, 0.25) is 0 Å². The molecule has 0 saturated heterocycles. The van der Waals surface area contributed by atoms with Crippen molar-refractivity contribution in [3.05, 3.63) is 0 Å². The molecule has 1 aliphatic carbocycles. The Hall–Kier alpha value is -1.30. The number of amides is 2. The van der Waals surface area contributed by atoms with Gasteiger partial charge in [-0.1, -0.05) is 19.8 Å². The number of urea groups is 1. The lowest BCUT2D eigenvalue weighted by atomic mass is 9.82. The van der Waals surface area contributed by atoms with Crippen LogP contribution < -0.4 is 10.6 Å². The van der Waals surface area contributed by atoms with Gasteiger partial charge in [0.25, 0.3) is 0 Å². The first-order valence-electron chi connectivity index (χ1n) is 6.91. The molecular formula is C13H24N2O4. The summed E-state index contributed by atoms with van der Waals surface area (Å²) in [5.41, 5.74) is 0. The van der Waals surface area contributed by atoms with Crippen LogP contribution >= 0.6 is 0 Å². The third-order valence-electron chi connectivity index (χ3n) is 3.62. The van der Waals surface area contributed by atoms with Gasteiger partial charge in [0.1, 0.15) is 6.04 Å². The topological polar surface area (TPSA) is 98.7 Å². The highest BCUT2D eigenvalue weighted by molar-refractivity contribution is 5.82. The molecule has 3 atom stereocenters. The van der Waals surface area contributed by atoms with Crippen LogP contribution in [-0.2, 0) is 4.79 Å². The van der Waals surface area contributed by atoms with Crippen molar-refractivity contribution in [1.29, 1.82) is 0 Å². The molecule has 6 heteroatoms. The highest BCUT2D eigenvalue weighted by atomic mass is 16.4. The van der Waals surface area contributed by atoms with E-state index < -0.39 is 18.0 Å². The van der Waals surface area contributed by atoms with Gasteiger partial charge in [-0.25, -0.2) is 9.59 Å². The van der Waals surface area contributed by atoms with E-state index in [0.29, 0.717) is 18.4 Å². The smallest absolute Gasteiger partial charge is 0.326 e. The van der Waals surface area contributed by atoms with Crippen molar-refractivity contribution < 1.29 is 19.8 Å². The second kappa shape index (κ2) is 7.99. The van der Waals surface area contributed by atoms with Gasteiger partial charge < -0.3 is 20.8 Å². The number of carbonyl (C=O) groups excluding carboxylic acids is 1. The Morgan fingerprint density at radius 1 is 1.37 bits per heavy atom. The number of rotatable bonds is 6. The van der Waals surface area contributed by atoms with E-state index in [9.17, 15) is 9.59 Å². The van der Waals surface area contributed by atoms with Crippen LogP contribution in [0.15, 0.2) is 0 Å². The van der Waals surface area contributed by atoms with Crippen LogP contribution in [0.4, 0.5) is 4.79 Å². The summed E-state index contributed by atoms with van der Waals surface area (Å²) in [5.74, 6) is 0.0517. The summed E-state index contributed by atoms with van der Waals surface area (Å²) in [6, 6.07) is -1.51. The highest BCUT2D eigenvalue weighted by Crippen LogP contribution is 2.27. The van der Waals surface area contributed by atoms with Crippen molar-refractivity contribution >= 4 is 12.0 Å². The molecule has 1 fully saturated rings. The number of aliphatic hydroxyl groups excluding tert-OH is 1. The summed E-state index contributed by atoms with van der Waals surface area (Å²) in [5, 5.41) is 22.7. The Kier molecular flexibility index (Phi) is 6.62. The van der Waals surface area contributed by atoms with Gasteiger partial charge in [0.15, 0.2) is 0 Å². The van der Waals surface area contributed by atoms with E-state index in [1.807, 2.05) is 0 Å². The van der Waals surface area contributed by atoms with Crippen molar-refractivity contribution in [2.45, 2.75) is 45.1 Å². The maximum Gasteiger partial charge on any atom is 0.326 e. The summed E-state index contributed by atoms with van der Waals surface area (Å²) in [6.45, 7) is 2.53. The number of carbonyl (C=O) groups is 2. The Morgan fingerprint density at radius 3 is 2.68 bits per heavy atom. The number of hydrogen-bond donors (Lipinski definition) is 4. The number of aliphatic hydroxyl groups is 1. The van der Waals surface area contributed by atoms with Crippen molar-refractivity contribution in [2.24, 2.45) is 11.8 Å². The van der Waals surface area contributed by atoms with E-state index in [1.165, 1.54) is 12.8 Å². The highest BCUT2D eigenvalue weighted by Gasteiger charge is 2.21. The van der Waals surface area contributed by atoms with E-state index in [0.717, 1.165) is 12.8 Å². The third kappa shape index (κ3) is 5.92. The fraction of sp³-hybridized carbons (Fsp3) is 0.846. The molecule has 0 aromatic carbocycles. The second-order valence-electron chi connectivity index (χ2n) is 5.40. The molecular weight excluding hydrogens is 248 g/mol. The van der Waals surface area contributed by atoms with Crippen molar-refractivity contribution in [3.8, 4) is 0 Å². The van der Waals surface area contributed by atoms with Gasteiger partial charge in [-0.05, 0) is 24.7 Å². The minimum absolute atomic E-state index is 0.0171. The minimum Gasteiger partial charge on any atom is -0.480 e. The van der Waals surface area contributed by atoms with Gasteiger partial charge in [-0.3, -0.25) is 0 Å². The number of hydrogen-bond acceptors (Lipinski definition) is 3. The van der Waals surface area contributed by atoms with Gasteiger partial charge in [0, 0.05) is 19.6 Å². The average molecular weight is 272 g/mol. The number of carboxylic acids is 1. The molecule has 2 amide bonds. The largest absolute Gasteiger partial charge is 0.480 e. The Balaban J connectivity index is 2.28. The Morgan fingerprint density at radius 2 is 2.11 bits per heavy atom. The lowest BCUT2D eigenvalue weighted by Gasteiger charge is -2.27. The second-order valence-corrected chi connectivity index (χ2v) is 5.40. The number of nitrogens with one attached hydrogen (secondary N) is 2. The van der Waals surface area contributed by atoms with E-state index in [-0.39, 0.29) is 13.0 Å². The molecule has 0 bridgehead atoms. The van der Waals surface area contributed by atoms with Gasteiger partial charge in [-0.15, -0.1) is 0 Å². The van der Waals surface area contributed by atoms with Crippen molar-refractivity contribution in [1.82, 2.24) is 10.6 Å². The monoisotopic (exact) mass is 272 g/mol. The first-order chi connectivity index (χ1) is 9.02. The summed E-state index contributed by atoms with van der Waals surface area (Å²) in [6.07, 6.45) is 4.68. The van der Waals surface area contributed by atoms with Gasteiger partial charge in [0.2, 0.25) is 0 Å². The van der Waals surface area contributed by atoms with Gasteiger partial charge >= 0.3 is 12.0 Å². The molecule has 0 aliphatic heterocycles. The van der Waals surface area contributed by atoms with E-state index in [4.69, 9.17) is 10.2 Å². The lowest BCUT2D eigenvalue weighted by molar-refractivity contribution is -0.139. The van der Waals surface area contributed by atoms with Crippen LogP contribution in [0.1, 0.15) is 39.0 Å². The number of carboxylic acid groups (broad SMARTS) is 1. The molecule has 0 aromatic heterocycles. The summed E-state index contributed by atoms with van der Waals surface area (Å²) < 4.78 is 0.